The molecule has 136 valence electrons. The van der Waals surface area contributed by atoms with Crippen LogP contribution in [0, 0.1) is 0 Å². The third-order valence-electron chi connectivity index (χ3n) is 4.84. The quantitative estimate of drug-likeness (QED) is 0.869. The number of likely N-dealkylation sites (tertiary alicyclic amines) is 1. The van der Waals surface area contributed by atoms with Gasteiger partial charge in [-0.25, -0.2) is 0 Å². The van der Waals surface area contributed by atoms with Gasteiger partial charge in [-0.1, -0.05) is 48.5 Å². The fraction of sp³-hybridized carbons (Fsp3) is 0.333. The van der Waals surface area contributed by atoms with Crippen LogP contribution in [0.3, 0.4) is 0 Å². The molecular formula is C21H25N3O2. The first-order valence-corrected chi connectivity index (χ1v) is 9.07. The minimum atomic E-state index is -0.279. The van der Waals surface area contributed by atoms with Gasteiger partial charge in [-0.05, 0) is 30.5 Å². The van der Waals surface area contributed by atoms with Gasteiger partial charge in [-0.3, -0.25) is 9.59 Å². The predicted molar refractivity (Wildman–Crippen MR) is 101 cm³/mol. The molecule has 1 atom stereocenters. The highest BCUT2D eigenvalue weighted by Crippen LogP contribution is 2.18. The van der Waals surface area contributed by atoms with Crippen molar-refractivity contribution in [1.29, 1.82) is 0 Å². The van der Waals surface area contributed by atoms with Gasteiger partial charge in [0.1, 0.15) is 0 Å². The average Bonchev–Trinajstić information content (AvgIpc) is 2.69. The summed E-state index contributed by atoms with van der Waals surface area (Å²) in [6.07, 6.45) is 1.85. The van der Waals surface area contributed by atoms with E-state index in [0.29, 0.717) is 25.1 Å². The Hall–Kier alpha value is -2.66. The van der Waals surface area contributed by atoms with E-state index in [2.05, 4.69) is 5.32 Å². The first-order valence-electron chi connectivity index (χ1n) is 9.07. The van der Waals surface area contributed by atoms with Crippen LogP contribution in [0.15, 0.2) is 60.7 Å². The van der Waals surface area contributed by atoms with Crippen LogP contribution in [-0.4, -0.2) is 35.8 Å². The standard InChI is InChI=1S/C21H25N3O2/c22-19(16-7-3-1-4-8-16)15-20(25)24-13-11-18(12-14-24)23-21(26)17-9-5-2-6-10-17/h1-10,18-19H,11-15,22H2,(H,23,26). The lowest BCUT2D eigenvalue weighted by Crippen LogP contribution is -2.47. The molecule has 1 unspecified atom stereocenters. The predicted octanol–water partition coefficient (Wildman–Crippen LogP) is 2.50. The highest BCUT2D eigenvalue weighted by atomic mass is 16.2. The zero-order valence-electron chi connectivity index (χ0n) is 14.8. The molecule has 1 aliphatic heterocycles. The van der Waals surface area contributed by atoms with Crippen molar-refractivity contribution in [3.05, 3.63) is 71.8 Å². The minimum Gasteiger partial charge on any atom is -0.349 e. The van der Waals surface area contributed by atoms with E-state index >= 15 is 0 Å². The highest BCUT2D eigenvalue weighted by Gasteiger charge is 2.25. The van der Waals surface area contributed by atoms with Crippen molar-refractivity contribution in [2.75, 3.05) is 13.1 Å². The Bertz CT molecular complexity index is 725. The van der Waals surface area contributed by atoms with Crippen molar-refractivity contribution in [2.24, 2.45) is 5.73 Å². The molecule has 1 fully saturated rings. The SMILES string of the molecule is NC(CC(=O)N1CCC(NC(=O)c2ccccc2)CC1)c1ccccc1. The molecular weight excluding hydrogens is 326 g/mol. The van der Waals surface area contributed by atoms with Crippen LogP contribution in [0.25, 0.3) is 0 Å². The second-order valence-corrected chi connectivity index (χ2v) is 6.72. The van der Waals surface area contributed by atoms with Gasteiger partial charge in [0.05, 0.1) is 0 Å². The summed E-state index contributed by atoms with van der Waals surface area (Å²) < 4.78 is 0. The van der Waals surface area contributed by atoms with Crippen LogP contribution in [-0.2, 0) is 4.79 Å². The summed E-state index contributed by atoms with van der Waals surface area (Å²) in [5.41, 5.74) is 7.80. The fourth-order valence-electron chi connectivity index (χ4n) is 3.27. The molecule has 5 nitrogen and oxygen atoms in total. The van der Waals surface area contributed by atoms with Crippen molar-refractivity contribution in [3.8, 4) is 0 Å². The number of carbonyl (C=O) groups excluding carboxylic acids is 2. The van der Waals surface area contributed by atoms with Gasteiger partial charge in [-0.15, -0.1) is 0 Å². The van der Waals surface area contributed by atoms with Crippen molar-refractivity contribution in [3.63, 3.8) is 0 Å². The van der Waals surface area contributed by atoms with Crippen molar-refractivity contribution >= 4 is 11.8 Å². The fourth-order valence-corrected chi connectivity index (χ4v) is 3.27. The smallest absolute Gasteiger partial charge is 0.251 e. The number of hydrogen-bond acceptors (Lipinski definition) is 3. The molecule has 5 heteroatoms. The zero-order valence-corrected chi connectivity index (χ0v) is 14.8. The van der Waals surface area contributed by atoms with E-state index in [0.717, 1.165) is 18.4 Å². The Labute approximate surface area is 154 Å². The molecule has 0 spiro atoms. The number of carbonyl (C=O) groups is 2. The number of hydrogen-bond donors (Lipinski definition) is 2. The Morgan fingerprint density at radius 3 is 2.19 bits per heavy atom. The number of benzene rings is 2. The number of nitrogens with zero attached hydrogens (tertiary/aromatic N) is 1. The molecule has 2 amide bonds. The molecule has 2 aromatic carbocycles. The first-order chi connectivity index (χ1) is 12.6. The first kappa shape index (κ1) is 18.1. The van der Waals surface area contributed by atoms with Gasteiger partial charge < -0.3 is 16.0 Å². The molecule has 1 heterocycles. The highest BCUT2D eigenvalue weighted by molar-refractivity contribution is 5.94. The summed E-state index contributed by atoms with van der Waals surface area (Å²) in [7, 11) is 0. The van der Waals surface area contributed by atoms with Crippen LogP contribution in [0.2, 0.25) is 0 Å². The summed E-state index contributed by atoms with van der Waals surface area (Å²) in [4.78, 5) is 26.6. The van der Waals surface area contributed by atoms with E-state index in [4.69, 9.17) is 5.73 Å². The lowest BCUT2D eigenvalue weighted by Gasteiger charge is -2.33. The number of piperidine rings is 1. The average molecular weight is 351 g/mol. The van der Waals surface area contributed by atoms with E-state index in [1.807, 2.05) is 53.4 Å². The van der Waals surface area contributed by atoms with Crippen molar-refractivity contribution in [1.82, 2.24) is 10.2 Å². The molecule has 0 aromatic heterocycles. The molecule has 0 radical (unpaired) electrons. The van der Waals surface area contributed by atoms with E-state index in [1.165, 1.54) is 0 Å². The van der Waals surface area contributed by atoms with Gasteiger partial charge in [-0.2, -0.15) is 0 Å². The molecule has 3 N–H and O–H groups in total. The van der Waals surface area contributed by atoms with Crippen LogP contribution in [0.1, 0.15) is 41.2 Å². The number of rotatable bonds is 5. The summed E-state index contributed by atoms with van der Waals surface area (Å²) in [5.74, 6) is 0.0238. The molecule has 1 aliphatic rings. The van der Waals surface area contributed by atoms with Crippen LogP contribution in [0.4, 0.5) is 0 Å². The Morgan fingerprint density at radius 1 is 1.00 bits per heavy atom. The number of nitrogens with two attached hydrogens (primary N) is 1. The van der Waals surface area contributed by atoms with Crippen LogP contribution < -0.4 is 11.1 Å². The third kappa shape index (κ3) is 4.70. The van der Waals surface area contributed by atoms with Gasteiger partial charge >= 0.3 is 0 Å². The molecule has 0 saturated carbocycles. The van der Waals surface area contributed by atoms with Crippen LogP contribution in [0.5, 0.6) is 0 Å². The summed E-state index contributed by atoms with van der Waals surface area (Å²) in [5, 5.41) is 3.06. The van der Waals surface area contributed by atoms with Crippen molar-refractivity contribution < 1.29 is 9.59 Å². The third-order valence-corrected chi connectivity index (χ3v) is 4.84. The zero-order chi connectivity index (χ0) is 18.4. The van der Waals surface area contributed by atoms with E-state index in [9.17, 15) is 9.59 Å². The molecule has 26 heavy (non-hydrogen) atoms. The van der Waals surface area contributed by atoms with Crippen molar-refractivity contribution in [2.45, 2.75) is 31.3 Å². The lowest BCUT2D eigenvalue weighted by molar-refractivity contribution is -0.132. The topological polar surface area (TPSA) is 75.4 Å². The van der Waals surface area contributed by atoms with Crippen LogP contribution >= 0.6 is 0 Å². The van der Waals surface area contributed by atoms with E-state index in [1.54, 1.807) is 12.1 Å². The minimum absolute atomic E-state index is 0.0542. The van der Waals surface area contributed by atoms with Gasteiger partial charge in [0, 0.05) is 37.2 Å². The number of nitrogens with one attached hydrogen (secondary N) is 1. The number of amides is 2. The largest absolute Gasteiger partial charge is 0.349 e. The maximum atomic E-state index is 12.5. The second kappa shape index (κ2) is 8.63. The Morgan fingerprint density at radius 2 is 1.58 bits per heavy atom. The van der Waals surface area contributed by atoms with E-state index < -0.39 is 0 Å². The second-order valence-electron chi connectivity index (χ2n) is 6.72. The van der Waals surface area contributed by atoms with E-state index in [-0.39, 0.29) is 23.9 Å². The molecule has 2 aromatic rings. The molecule has 0 bridgehead atoms. The Balaban J connectivity index is 1.46. The maximum absolute atomic E-state index is 12.5. The van der Waals surface area contributed by atoms with Gasteiger partial charge in [0.2, 0.25) is 5.91 Å². The Kier molecular flexibility index (Phi) is 6.02. The molecule has 3 rings (SSSR count). The summed E-state index contributed by atoms with van der Waals surface area (Å²) in [6, 6.07) is 18.7. The molecule has 1 saturated heterocycles. The maximum Gasteiger partial charge on any atom is 0.251 e. The lowest BCUT2D eigenvalue weighted by atomic mass is 10.0. The molecule has 0 aliphatic carbocycles. The van der Waals surface area contributed by atoms with Gasteiger partial charge in [0.15, 0.2) is 0 Å². The normalized spacial score (nSPS) is 16.1. The van der Waals surface area contributed by atoms with Gasteiger partial charge in [0.25, 0.3) is 5.91 Å². The monoisotopic (exact) mass is 351 g/mol. The summed E-state index contributed by atoms with van der Waals surface area (Å²) in [6.45, 7) is 1.31. The summed E-state index contributed by atoms with van der Waals surface area (Å²) >= 11 is 0.